The van der Waals surface area contributed by atoms with E-state index < -0.39 is 0 Å². The maximum Gasteiger partial charge on any atom is 0.0563 e. The van der Waals surface area contributed by atoms with Crippen LogP contribution >= 0.6 is 27.5 Å². The van der Waals surface area contributed by atoms with Crippen LogP contribution in [0.15, 0.2) is 22.7 Å². The average Bonchev–Trinajstić information content (AvgIpc) is 2.11. The largest absolute Gasteiger partial charge is 0.395 e. The van der Waals surface area contributed by atoms with Gasteiger partial charge < -0.3 is 5.11 Å². The molecule has 1 aromatic carbocycles. The average molecular weight is 260 g/mol. The van der Waals surface area contributed by atoms with E-state index in [4.69, 9.17) is 16.7 Å². The number of hydrogen-bond acceptors (Lipinski definition) is 1. The van der Waals surface area contributed by atoms with E-state index in [0.29, 0.717) is 11.4 Å². The zero-order valence-electron chi connectivity index (χ0n) is 6.85. The van der Waals surface area contributed by atoms with Crippen molar-refractivity contribution in [1.82, 2.24) is 0 Å². The van der Waals surface area contributed by atoms with Crippen molar-refractivity contribution in [3.05, 3.63) is 33.3 Å². The van der Waals surface area contributed by atoms with E-state index in [1.165, 1.54) is 0 Å². The molecule has 13 heavy (non-hydrogen) atoms. The summed E-state index contributed by atoms with van der Waals surface area (Å²) < 4.78 is 0.949. The molecular formula is C10H8BrClO. The first-order valence-corrected chi connectivity index (χ1v) is 4.96. The highest BCUT2D eigenvalue weighted by Gasteiger charge is 1.96. The Morgan fingerprint density at radius 1 is 1.46 bits per heavy atom. The molecule has 3 heteroatoms. The van der Waals surface area contributed by atoms with Crippen LogP contribution in [0.25, 0.3) is 0 Å². The van der Waals surface area contributed by atoms with Gasteiger partial charge in [-0.25, -0.2) is 0 Å². The fourth-order valence-corrected chi connectivity index (χ4v) is 1.33. The quantitative estimate of drug-likeness (QED) is 0.769. The third kappa shape index (κ3) is 3.40. The summed E-state index contributed by atoms with van der Waals surface area (Å²) in [7, 11) is 0. The minimum Gasteiger partial charge on any atom is -0.395 e. The van der Waals surface area contributed by atoms with Gasteiger partial charge in [0.1, 0.15) is 0 Å². The van der Waals surface area contributed by atoms with Crippen LogP contribution < -0.4 is 0 Å². The van der Waals surface area contributed by atoms with Gasteiger partial charge in [0.25, 0.3) is 0 Å². The van der Waals surface area contributed by atoms with Crippen LogP contribution in [0.5, 0.6) is 0 Å². The lowest BCUT2D eigenvalue weighted by Gasteiger charge is -1.95. The van der Waals surface area contributed by atoms with Crippen molar-refractivity contribution in [1.29, 1.82) is 0 Å². The molecule has 1 N–H and O–H groups in total. The molecule has 0 aliphatic heterocycles. The Balaban J connectivity index is 2.89. The Bertz CT molecular complexity index is 352. The lowest BCUT2D eigenvalue weighted by molar-refractivity contribution is 0.305. The van der Waals surface area contributed by atoms with Crippen LogP contribution in [-0.2, 0) is 0 Å². The summed E-state index contributed by atoms with van der Waals surface area (Å²) >= 11 is 9.22. The van der Waals surface area contributed by atoms with Crippen LogP contribution in [0.2, 0.25) is 5.02 Å². The molecule has 0 bridgehead atoms. The van der Waals surface area contributed by atoms with E-state index in [2.05, 4.69) is 27.8 Å². The van der Waals surface area contributed by atoms with E-state index in [1.807, 2.05) is 12.1 Å². The van der Waals surface area contributed by atoms with Gasteiger partial charge in [0.15, 0.2) is 0 Å². The highest BCUT2D eigenvalue weighted by atomic mass is 79.9. The van der Waals surface area contributed by atoms with Gasteiger partial charge in [0, 0.05) is 16.5 Å². The van der Waals surface area contributed by atoms with Crippen LogP contribution in [0, 0.1) is 11.8 Å². The van der Waals surface area contributed by atoms with Crippen LogP contribution in [-0.4, -0.2) is 11.7 Å². The Hall–Kier alpha value is -0.490. The molecule has 0 radical (unpaired) electrons. The number of benzene rings is 1. The molecule has 68 valence electrons. The van der Waals surface area contributed by atoms with Gasteiger partial charge in [-0.1, -0.05) is 39.4 Å². The molecule has 0 unspecified atom stereocenters. The molecule has 1 rings (SSSR count). The summed E-state index contributed by atoms with van der Waals surface area (Å²) in [6.45, 7) is 0.0820. The van der Waals surface area contributed by atoms with Crippen molar-refractivity contribution in [3.8, 4) is 11.8 Å². The molecule has 0 spiro atoms. The molecular weight excluding hydrogens is 251 g/mol. The first-order chi connectivity index (χ1) is 6.24. The lowest BCUT2D eigenvalue weighted by Crippen LogP contribution is -1.79. The molecule has 0 aliphatic carbocycles. The molecule has 0 atom stereocenters. The smallest absolute Gasteiger partial charge is 0.0563 e. The van der Waals surface area contributed by atoms with Gasteiger partial charge in [-0.2, -0.15) is 0 Å². The summed E-state index contributed by atoms with van der Waals surface area (Å²) in [6, 6.07) is 5.50. The summed E-state index contributed by atoms with van der Waals surface area (Å²) in [5.41, 5.74) is 0.782. The van der Waals surface area contributed by atoms with Gasteiger partial charge in [0.05, 0.1) is 11.6 Å². The molecule has 0 saturated heterocycles. The number of aliphatic hydroxyl groups is 1. The van der Waals surface area contributed by atoms with Gasteiger partial charge in [-0.3, -0.25) is 0 Å². The molecule has 0 aliphatic rings. The molecule has 1 aromatic rings. The summed E-state index contributed by atoms with van der Waals surface area (Å²) in [5.74, 6) is 5.70. The second-order valence-electron chi connectivity index (χ2n) is 2.40. The fraction of sp³-hybridized carbons (Fsp3) is 0.200. The van der Waals surface area contributed by atoms with Gasteiger partial charge >= 0.3 is 0 Å². The van der Waals surface area contributed by atoms with E-state index in [1.54, 1.807) is 6.07 Å². The van der Waals surface area contributed by atoms with Crippen molar-refractivity contribution < 1.29 is 5.11 Å². The van der Waals surface area contributed by atoms with E-state index in [0.717, 1.165) is 10.0 Å². The Morgan fingerprint density at radius 3 is 2.92 bits per heavy atom. The number of aliphatic hydroxyl groups excluding tert-OH is 1. The highest BCUT2D eigenvalue weighted by Crippen LogP contribution is 2.19. The van der Waals surface area contributed by atoms with Crippen molar-refractivity contribution in [3.63, 3.8) is 0 Å². The molecule has 0 saturated carbocycles. The molecule has 0 aromatic heterocycles. The van der Waals surface area contributed by atoms with E-state index in [9.17, 15) is 0 Å². The van der Waals surface area contributed by atoms with Crippen molar-refractivity contribution in [2.24, 2.45) is 0 Å². The molecule has 1 nitrogen and oxygen atoms in total. The number of hydrogen-bond donors (Lipinski definition) is 1. The standard InChI is InChI=1S/C10H8BrClO/c11-9-4-5-10(12)8(7-9)3-1-2-6-13/h4-5,7,13H,2,6H2. The first kappa shape index (κ1) is 10.6. The van der Waals surface area contributed by atoms with E-state index in [-0.39, 0.29) is 6.61 Å². The second-order valence-corrected chi connectivity index (χ2v) is 3.72. The molecule has 0 heterocycles. The normalized spacial score (nSPS) is 9.15. The van der Waals surface area contributed by atoms with Gasteiger partial charge in [-0.05, 0) is 18.2 Å². The SMILES string of the molecule is OCCC#Cc1cc(Br)ccc1Cl. The molecule has 0 fully saturated rings. The topological polar surface area (TPSA) is 20.2 Å². The zero-order chi connectivity index (χ0) is 9.68. The summed E-state index contributed by atoms with van der Waals surface area (Å²) in [6.07, 6.45) is 0.475. The van der Waals surface area contributed by atoms with Crippen molar-refractivity contribution in [2.45, 2.75) is 6.42 Å². The van der Waals surface area contributed by atoms with Gasteiger partial charge in [0.2, 0.25) is 0 Å². The monoisotopic (exact) mass is 258 g/mol. The van der Waals surface area contributed by atoms with E-state index >= 15 is 0 Å². The minimum absolute atomic E-state index is 0.0820. The van der Waals surface area contributed by atoms with Gasteiger partial charge in [-0.15, -0.1) is 0 Å². The summed E-state index contributed by atoms with van der Waals surface area (Å²) in [5, 5.41) is 9.16. The van der Waals surface area contributed by atoms with Crippen LogP contribution in [0.1, 0.15) is 12.0 Å². The Labute approximate surface area is 90.9 Å². The van der Waals surface area contributed by atoms with Crippen molar-refractivity contribution >= 4 is 27.5 Å². The Kier molecular flexibility index (Phi) is 4.31. The predicted molar refractivity (Wildman–Crippen MR) is 57.7 cm³/mol. The third-order valence-corrected chi connectivity index (χ3v) is 2.21. The minimum atomic E-state index is 0.0820. The second kappa shape index (κ2) is 5.29. The van der Waals surface area contributed by atoms with Crippen LogP contribution in [0.3, 0.4) is 0 Å². The fourth-order valence-electron chi connectivity index (χ4n) is 0.807. The maximum absolute atomic E-state index is 8.52. The number of halogens is 2. The van der Waals surface area contributed by atoms with Crippen molar-refractivity contribution in [2.75, 3.05) is 6.61 Å². The zero-order valence-corrected chi connectivity index (χ0v) is 9.19. The lowest BCUT2D eigenvalue weighted by atomic mass is 10.2. The molecule has 0 amide bonds. The van der Waals surface area contributed by atoms with Crippen LogP contribution in [0.4, 0.5) is 0 Å². The highest BCUT2D eigenvalue weighted by molar-refractivity contribution is 9.10. The Morgan fingerprint density at radius 2 is 2.23 bits per heavy atom. The summed E-state index contributed by atoms with van der Waals surface area (Å²) in [4.78, 5) is 0. The first-order valence-electron chi connectivity index (χ1n) is 3.79. The third-order valence-electron chi connectivity index (χ3n) is 1.39. The maximum atomic E-state index is 8.52. The predicted octanol–water partition coefficient (Wildman–Crippen LogP) is 2.84. The number of rotatable bonds is 1.